The molecule has 0 aromatic carbocycles. The number of unbranched alkanes of at least 4 members (excludes halogenated alkanes) is 3. The zero-order valence-electron chi connectivity index (χ0n) is 13.8. The number of rotatable bonds is 8. The van der Waals surface area contributed by atoms with Gasteiger partial charge < -0.3 is 10.2 Å². The summed E-state index contributed by atoms with van der Waals surface area (Å²) in [6.45, 7) is 6.92. The quantitative estimate of drug-likeness (QED) is 0.700. The number of nitrogens with one attached hydrogen (secondary N) is 1. The Morgan fingerprint density at radius 2 is 1.76 bits per heavy atom. The molecule has 1 aliphatic heterocycles. The highest BCUT2D eigenvalue weighted by atomic mass is 16.2. The Balaban J connectivity index is 2.12. The number of hydrogen-bond donors (Lipinski definition) is 1. The summed E-state index contributed by atoms with van der Waals surface area (Å²) in [6.07, 6.45) is 8.07. The van der Waals surface area contributed by atoms with E-state index >= 15 is 0 Å². The average Bonchev–Trinajstić information content (AvgIpc) is 3.31. The Hall–Kier alpha value is -1.06. The molecule has 0 bridgehead atoms. The second kappa shape index (κ2) is 6.80. The maximum Gasteiger partial charge on any atom is 0.248 e. The first-order valence-corrected chi connectivity index (χ1v) is 8.72. The minimum atomic E-state index is -0.659. The first kappa shape index (κ1) is 16.3. The van der Waals surface area contributed by atoms with Crippen molar-refractivity contribution in [2.24, 2.45) is 5.92 Å². The van der Waals surface area contributed by atoms with Crippen LogP contribution in [0.5, 0.6) is 0 Å². The van der Waals surface area contributed by atoms with Crippen LogP contribution in [-0.2, 0) is 9.59 Å². The highest BCUT2D eigenvalue weighted by molar-refractivity contribution is 6.00. The van der Waals surface area contributed by atoms with Crippen molar-refractivity contribution in [2.45, 2.75) is 83.7 Å². The fourth-order valence-corrected chi connectivity index (χ4v) is 3.47. The first-order valence-electron chi connectivity index (χ1n) is 8.72. The van der Waals surface area contributed by atoms with Crippen molar-refractivity contribution in [3.8, 4) is 0 Å². The lowest BCUT2D eigenvalue weighted by atomic mass is 9.86. The van der Waals surface area contributed by atoms with Crippen molar-refractivity contribution in [2.75, 3.05) is 6.54 Å². The number of piperazine rings is 1. The van der Waals surface area contributed by atoms with E-state index in [2.05, 4.69) is 12.2 Å². The van der Waals surface area contributed by atoms with Crippen LogP contribution in [0.4, 0.5) is 0 Å². The molecule has 4 nitrogen and oxygen atoms in total. The summed E-state index contributed by atoms with van der Waals surface area (Å²) < 4.78 is 0. The van der Waals surface area contributed by atoms with Crippen molar-refractivity contribution < 1.29 is 9.59 Å². The second-order valence-corrected chi connectivity index (χ2v) is 6.62. The fourth-order valence-electron chi connectivity index (χ4n) is 3.47. The van der Waals surface area contributed by atoms with Crippen LogP contribution >= 0.6 is 0 Å². The summed E-state index contributed by atoms with van der Waals surface area (Å²) in [4.78, 5) is 27.4. The van der Waals surface area contributed by atoms with Crippen LogP contribution in [0.2, 0.25) is 0 Å². The lowest BCUT2D eigenvalue weighted by Gasteiger charge is -2.46. The Kier molecular flexibility index (Phi) is 5.28. The number of nitrogens with zero attached hydrogens (tertiary/aromatic N) is 1. The van der Waals surface area contributed by atoms with Crippen LogP contribution in [0.25, 0.3) is 0 Å². The standard InChI is InChI=1S/C17H30N2O2/c1-4-7-8-9-12-19-14(13-10-11-13)15(20)18-17(5-2,6-3)16(19)21/h13-14H,4-12H2,1-3H3,(H,18,20). The van der Waals surface area contributed by atoms with Crippen LogP contribution in [-0.4, -0.2) is 34.8 Å². The Morgan fingerprint density at radius 3 is 2.29 bits per heavy atom. The number of carbonyl (C=O) groups is 2. The van der Waals surface area contributed by atoms with Gasteiger partial charge in [0.1, 0.15) is 11.6 Å². The van der Waals surface area contributed by atoms with E-state index < -0.39 is 5.54 Å². The highest BCUT2D eigenvalue weighted by Crippen LogP contribution is 2.39. The van der Waals surface area contributed by atoms with E-state index in [1.165, 1.54) is 12.8 Å². The lowest BCUT2D eigenvalue weighted by molar-refractivity contribution is -0.156. The van der Waals surface area contributed by atoms with E-state index in [0.29, 0.717) is 18.8 Å². The molecule has 1 unspecified atom stereocenters. The summed E-state index contributed by atoms with van der Waals surface area (Å²) in [5.74, 6) is 0.628. The fraction of sp³-hybridized carbons (Fsp3) is 0.882. The molecule has 1 aliphatic carbocycles. The van der Waals surface area contributed by atoms with Crippen LogP contribution in [0, 0.1) is 5.92 Å². The van der Waals surface area contributed by atoms with Gasteiger partial charge in [-0.15, -0.1) is 0 Å². The van der Waals surface area contributed by atoms with Gasteiger partial charge in [0, 0.05) is 6.54 Å². The molecule has 0 spiro atoms. The predicted octanol–water partition coefficient (Wildman–Crippen LogP) is 2.86. The minimum absolute atomic E-state index is 0.0799. The van der Waals surface area contributed by atoms with Gasteiger partial charge >= 0.3 is 0 Å². The molecule has 2 aliphatic rings. The minimum Gasteiger partial charge on any atom is -0.340 e. The monoisotopic (exact) mass is 294 g/mol. The van der Waals surface area contributed by atoms with Gasteiger partial charge in [0.05, 0.1) is 0 Å². The normalized spacial score (nSPS) is 25.1. The number of carbonyl (C=O) groups excluding carboxylic acids is 2. The molecule has 0 aromatic rings. The van der Waals surface area contributed by atoms with Gasteiger partial charge in [-0.1, -0.05) is 40.0 Å². The smallest absolute Gasteiger partial charge is 0.248 e. The van der Waals surface area contributed by atoms with Crippen LogP contribution < -0.4 is 5.32 Å². The molecule has 1 atom stereocenters. The van der Waals surface area contributed by atoms with Crippen LogP contribution in [0.15, 0.2) is 0 Å². The van der Waals surface area contributed by atoms with Gasteiger partial charge in [0.25, 0.3) is 0 Å². The summed E-state index contributed by atoms with van der Waals surface area (Å²) >= 11 is 0. The van der Waals surface area contributed by atoms with Crippen molar-refractivity contribution >= 4 is 11.8 Å². The molecule has 2 amide bonds. The van der Waals surface area contributed by atoms with Crippen molar-refractivity contribution in [1.82, 2.24) is 10.2 Å². The maximum absolute atomic E-state index is 13.0. The lowest BCUT2D eigenvalue weighted by Crippen LogP contribution is -2.70. The Morgan fingerprint density at radius 1 is 1.10 bits per heavy atom. The molecule has 1 heterocycles. The molecule has 4 heteroatoms. The third-order valence-electron chi connectivity index (χ3n) is 5.17. The predicted molar refractivity (Wildman–Crippen MR) is 83.8 cm³/mol. The summed E-state index contributed by atoms with van der Waals surface area (Å²) in [5.41, 5.74) is -0.659. The molecule has 21 heavy (non-hydrogen) atoms. The molecular weight excluding hydrogens is 264 g/mol. The third kappa shape index (κ3) is 3.24. The first-order chi connectivity index (χ1) is 10.1. The summed E-state index contributed by atoms with van der Waals surface area (Å²) in [6, 6.07) is -0.203. The van der Waals surface area contributed by atoms with E-state index in [9.17, 15) is 9.59 Å². The summed E-state index contributed by atoms with van der Waals surface area (Å²) in [7, 11) is 0. The topological polar surface area (TPSA) is 49.4 Å². The molecule has 2 fully saturated rings. The summed E-state index contributed by atoms with van der Waals surface area (Å²) in [5, 5.41) is 3.05. The molecule has 120 valence electrons. The van der Waals surface area contributed by atoms with Gasteiger partial charge in [0.2, 0.25) is 11.8 Å². The van der Waals surface area contributed by atoms with Crippen LogP contribution in [0.3, 0.4) is 0 Å². The number of amides is 2. The van der Waals surface area contributed by atoms with Gasteiger partial charge in [-0.05, 0) is 38.0 Å². The van der Waals surface area contributed by atoms with E-state index in [1.54, 1.807) is 0 Å². The largest absolute Gasteiger partial charge is 0.340 e. The third-order valence-corrected chi connectivity index (χ3v) is 5.17. The number of hydrogen-bond acceptors (Lipinski definition) is 2. The van der Waals surface area contributed by atoms with Gasteiger partial charge in [-0.2, -0.15) is 0 Å². The van der Waals surface area contributed by atoms with Crippen molar-refractivity contribution in [3.63, 3.8) is 0 Å². The maximum atomic E-state index is 13.0. The highest BCUT2D eigenvalue weighted by Gasteiger charge is 2.52. The van der Waals surface area contributed by atoms with Gasteiger partial charge in [0.15, 0.2) is 0 Å². The molecule has 2 rings (SSSR count). The zero-order chi connectivity index (χ0) is 15.5. The second-order valence-electron chi connectivity index (χ2n) is 6.62. The van der Waals surface area contributed by atoms with Crippen molar-refractivity contribution in [3.05, 3.63) is 0 Å². The van der Waals surface area contributed by atoms with E-state index in [0.717, 1.165) is 32.2 Å². The Labute approximate surface area is 128 Å². The van der Waals surface area contributed by atoms with Gasteiger partial charge in [-0.3, -0.25) is 9.59 Å². The van der Waals surface area contributed by atoms with Crippen molar-refractivity contribution in [1.29, 1.82) is 0 Å². The SMILES string of the molecule is CCCCCCN1C(=O)C(CC)(CC)NC(=O)C1C1CC1. The van der Waals surface area contributed by atoms with E-state index in [-0.39, 0.29) is 17.9 Å². The van der Waals surface area contributed by atoms with E-state index in [4.69, 9.17) is 0 Å². The zero-order valence-corrected chi connectivity index (χ0v) is 13.8. The molecule has 1 saturated heterocycles. The Bertz CT molecular complexity index is 386. The van der Waals surface area contributed by atoms with E-state index in [1.807, 2.05) is 18.7 Å². The van der Waals surface area contributed by atoms with Gasteiger partial charge in [-0.25, -0.2) is 0 Å². The van der Waals surface area contributed by atoms with Crippen LogP contribution in [0.1, 0.15) is 72.1 Å². The molecule has 0 aromatic heterocycles. The average molecular weight is 294 g/mol. The molecule has 0 radical (unpaired) electrons. The molecule has 1 saturated carbocycles. The molecular formula is C17H30N2O2. The molecule has 1 N–H and O–H groups in total.